The van der Waals surface area contributed by atoms with Crippen molar-refractivity contribution in [3.05, 3.63) is 44.7 Å². The molecule has 0 spiro atoms. The molecule has 1 aliphatic heterocycles. The number of aromatic nitrogens is 1. The fourth-order valence-electron chi connectivity index (χ4n) is 2.08. The second-order valence-corrected chi connectivity index (χ2v) is 4.99. The molecule has 0 fully saturated rings. The van der Waals surface area contributed by atoms with Gasteiger partial charge in [0.25, 0.3) is 11.6 Å². The molecule has 1 aliphatic rings. The van der Waals surface area contributed by atoms with Crippen molar-refractivity contribution in [2.45, 2.75) is 12.8 Å². The number of hydrogen-bond donors (Lipinski definition) is 2. The number of nitrogens with one attached hydrogen (secondary N) is 2. The number of halogens is 1. The maximum Gasteiger partial charge on any atom is 0.300 e. The Bertz CT molecular complexity index is 589. The van der Waals surface area contributed by atoms with Crippen LogP contribution in [0, 0.1) is 10.1 Å². The molecule has 7 nitrogen and oxygen atoms in total. The Labute approximate surface area is 126 Å². The van der Waals surface area contributed by atoms with E-state index in [1.807, 2.05) is 0 Å². The highest BCUT2D eigenvalue weighted by Gasteiger charge is 2.21. The van der Waals surface area contributed by atoms with Crippen molar-refractivity contribution in [3.8, 4) is 0 Å². The zero-order valence-electron chi connectivity index (χ0n) is 11.3. The lowest BCUT2D eigenvalue weighted by atomic mass is 10.1. The minimum absolute atomic E-state index is 0.0480. The van der Waals surface area contributed by atoms with Gasteiger partial charge in [-0.15, -0.1) is 0 Å². The zero-order chi connectivity index (χ0) is 15.2. The Morgan fingerprint density at radius 1 is 1.57 bits per heavy atom. The maximum atomic E-state index is 12.0. The minimum Gasteiger partial charge on any atom is -0.351 e. The Balaban J connectivity index is 1.98. The Morgan fingerprint density at radius 3 is 3.05 bits per heavy atom. The fraction of sp³-hybridized carbons (Fsp3) is 0.385. The predicted molar refractivity (Wildman–Crippen MR) is 78.4 cm³/mol. The Morgan fingerprint density at radius 2 is 2.38 bits per heavy atom. The highest BCUT2D eigenvalue weighted by atomic mass is 35.5. The molecule has 0 saturated heterocycles. The lowest BCUT2D eigenvalue weighted by molar-refractivity contribution is -0.385. The summed E-state index contributed by atoms with van der Waals surface area (Å²) in [5.41, 5.74) is 0.855. The van der Waals surface area contributed by atoms with Gasteiger partial charge < -0.3 is 10.6 Å². The monoisotopic (exact) mass is 310 g/mol. The normalized spacial score (nSPS) is 14.4. The van der Waals surface area contributed by atoms with Crippen LogP contribution in [0.1, 0.15) is 23.2 Å². The summed E-state index contributed by atoms with van der Waals surface area (Å²) in [6, 6.07) is 1.21. The van der Waals surface area contributed by atoms with Crippen LogP contribution in [-0.4, -0.2) is 35.4 Å². The van der Waals surface area contributed by atoms with Crippen LogP contribution in [0.25, 0.3) is 0 Å². The number of carbonyl (C=O) groups excluding carboxylic acids is 1. The van der Waals surface area contributed by atoms with Crippen molar-refractivity contribution in [2.24, 2.45) is 0 Å². The molecule has 2 N–H and O–H groups in total. The van der Waals surface area contributed by atoms with Crippen LogP contribution in [0.4, 0.5) is 5.69 Å². The van der Waals surface area contributed by atoms with E-state index >= 15 is 0 Å². The third-order valence-corrected chi connectivity index (χ3v) is 3.39. The van der Waals surface area contributed by atoms with Crippen molar-refractivity contribution < 1.29 is 9.72 Å². The molecular formula is C13H15ClN4O3. The predicted octanol–water partition coefficient (Wildman–Crippen LogP) is 1.68. The van der Waals surface area contributed by atoms with Crippen molar-refractivity contribution in [1.82, 2.24) is 15.6 Å². The number of nitro groups is 1. The molecule has 1 aromatic heterocycles. The molecule has 0 saturated carbocycles. The van der Waals surface area contributed by atoms with E-state index in [0.29, 0.717) is 6.54 Å². The van der Waals surface area contributed by atoms with Crippen molar-refractivity contribution >= 4 is 23.2 Å². The van der Waals surface area contributed by atoms with Gasteiger partial charge in [0.2, 0.25) is 0 Å². The molecule has 1 aromatic rings. The molecule has 0 unspecified atom stereocenters. The van der Waals surface area contributed by atoms with E-state index in [9.17, 15) is 14.9 Å². The lowest BCUT2D eigenvalue weighted by Gasteiger charge is -2.14. The van der Waals surface area contributed by atoms with Gasteiger partial charge in [-0.25, -0.2) is 4.98 Å². The van der Waals surface area contributed by atoms with Gasteiger partial charge in [-0.3, -0.25) is 14.9 Å². The van der Waals surface area contributed by atoms with Gasteiger partial charge in [0.15, 0.2) is 0 Å². The second-order valence-electron chi connectivity index (χ2n) is 4.60. The molecule has 2 rings (SSSR count). The van der Waals surface area contributed by atoms with E-state index in [-0.39, 0.29) is 16.4 Å². The van der Waals surface area contributed by atoms with E-state index in [1.54, 1.807) is 0 Å². The molecule has 0 aromatic carbocycles. The summed E-state index contributed by atoms with van der Waals surface area (Å²) in [4.78, 5) is 25.9. The number of rotatable bonds is 5. The topological polar surface area (TPSA) is 97.2 Å². The summed E-state index contributed by atoms with van der Waals surface area (Å²) < 4.78 is 0. The van der Waals surface area contributed by atoms with Crippen LogP contribution in [-0.2, 0) is 0 Å². The van der Waals surface area contributed by atoms with Crippen LogP contribution in [0.5, 0.6) is 0 Å². The Kier molecular flexibility index (Phi) is 5.24. The quantitative estimate of drug-likeness (QED) is 0.373. The molecule has 8 heteroatoms. The van der Waals surface area contributed by atoms with Crippen molar-refractivity contribution in [1.29, 1.82) is 0 Å². The largest absolute Gasteiger partial charge is 0.351 e. The highest BCUT2D eigenvalue weighted by molar-refractivity contribution is 6.29. The summed E-state index contributed by atoms with van der Waals surface area (Å²) in [5.74, 6) is -0.513. The third-order valence-electron chi connectivity index (χ3n) is 3.18. The lowest BCUT2D eigenvalue weighted by Crippen LogP contribution is -2.27. The average molecular weight is 311 g/mol. The van der Waals surface area contributed by atoms with Gasteiger partial charge >= 0.3 is 0 Å². The van der Waals surface area contributed by atoms with Crippen LogP contribution >= 0.6 is 11.6 Å². The summed E-state index contributed by atoms with van der Waals surface area (Å²) >= 11 is 5.69. The van der Waals surface area contributed by atoms with Crippen molar-refractivity contribution in [3.63, 3.8) is 0 Å². The van der Waals surface area contributed by atoms with Gasteiger partial charge in [0, 0.05) is 13.1 Å². The van der Waals surface area contributed by atoms with Crippen molar-refractivity contribution in [2.75, 3.05) is 19.6 Å². The average Bonchev–Trinajstić information content (AvgIpc) is 2.47. The SMILES string of the molecule is O=C(NCCC1=CCNCC1)c1cc(Cl)ncc1[N+](=O)[O-]. The molecule has 112 valence electrons. The van der Waals surface area contributed by atoms with Gasteiger partial charge in [-0.2, -0.15) is 0 Å². The minimum atomic E-state index is -0.645. The van der Waals surface area contributed by atoms with Gasteiger partial charge in [0.1, 0.15) is 16.9 Å². The molecule has 1 amide bonds. The van der Waals surface area contributed by atoms with E-state index in [4.69, 9.17) is 11.6 Å². The van der Waals surface area contributed by atoms with Crippen LogP contribution in [0.2, 0.25) is 5.15 Å². The number of amides is 1. The molecule has 2 heterocycles. The standard InChI is InChI=1S/C13H15ClN4O3/c14-12-7-10(11(8-17-12)18(20)21)13(19)16-6-3-9-1-4-15-5-2-9/h1,7-8,15H,2-6H2,(H,16,19). The summed E-state index contributed by atoms with van der Waals surface area (Å²) in [6.07, 6.45) is 4.78. The van der Waals surface area contributed by atoms with E-state index in [1.165, 1.54) is 11.6 Å². The third kappa shape index (κ3) is 4.24. The van der Waals surface area contributed by atoms with Gasteiger partial charge in [-0.1, -0.05) is 23.3 Å². The summed E-state index contributed by atoms with van der Waals surface area (Å²) in [7, 11) is 0. The van der Waals surface area contributed by atoms with E-state index < -0.39 is 10.8 Å². The van der Waals surface area contributed by atoms with Crippen LogP contribution in [0.15, 0.2) is 23.9 Å². The van der Waals surface area contributed by atoms with E-state index in [0.717, 1.165) is 32.1 Å². The number of pyridine rings is 1. The first-order valence-corrected chi connectivity index (χ1v) is 6.92. The first-order valence-electron chi connectivity index (χ1n) is 6.54. The molecule has 0 atom stereocenters. The smallest absolute Gasteiger partial charge is 0.300 e. The highest BCUT2D eigenvalue weighted by Crippen LogP contribution is 2.20. The second kappa shape index (κ2) is 7.14. The fourth-order valence-corrected chi connectivity index (χ4v) is 2.24. The van der Waals surface area contributed by atoms with Gasteiger partial charge in [-0.05, 0) is 25.5 Å². The summed E-state index contributed by atoms with van der Waals surface area (Å²) in [6.45, 7) is 2.21. The summed E-state index contributed by atoms with van der Waals surface area (Å²) in [5, 5.41) is 16.8. The number of carbonyl (C=O) groups is 1. The molecular weight excluding hydrogens is 296 g/mol. The van der Waals surface area contributed by atoms with Crippen LogP contribution in [0.3, 0.4) is 0 Å². The Hall–Kier alpha value is -1.99. The van der Waals surface area contributed by atoms with Crippen LogP contribution < -0.4 is 10.6 Å². The van der Waals surface area contributed by atoms with E-state index in [2.05, 4.69) is 21.7 Å². The number of nitrogens with zero attached hydrogens (tertiary/aromatic N) is 2. The maximum absolute atomic E-state index is 12.0. The molecule has 21 heavy (non-hydrogen) atoms. The first-order chi connectivity index (χ1) is 10.1. The first kappa shape index (κ1) is 15.4. The molecule has 0 bridgehead atoms. The molecule has 0 radical (unpaired) electrons. The molecule has 0 aliphatic carbocycles. The van der Waals surface area contributed by atoms with Gasteiger partial charge in [0.05, 0.1) is 4.92 Å². The zero-order valence-corrected chi connectivity index (χ0v) is 12.0. The number of hydrogen-bond acceptors (Lipinski definition) is 5.